The number of thiophene rings is 1. The monoisotopic (exact) mass is 479 g/mol. The van der Waals surface area contributed by atoms with Crippen LogP contribution >= 0.6 is 11.3 Å². The molecule has 1 N–H and O–H groups in total. The van der Waals surface area contributed by atoms with Crippen molar-refractivity contribution in [3.8, 4) is 11.5 Å². The van der Waals surface area contributed by atoms with Crippen molar-refractivity contribution in [3.63, 3.8) is 0 Å². The van der Waals surface area contributed by atoms with Gasteiger partial charge in [-0.25, -0.2) is 4.79 Å². The van der Waals surface area contributed by atoms with E-state index in [1.54, 1.807) is 36.5 Å². The number of fused-ring (bicyclic) bond motifs is 1. The summed E-state index contributed by atoms with van der Waals surface area (Å²) < 4.78 is 13.2. The molecule has 0 bridgehead atoms. The maximum absolute atomic E-state index is 13.4. The van der Waals surface area contributed by atoms with Gasteiger partial charge < -0.3 is 19.4 Å². The van der Waals surface area contributed by atoms with Gasteiger partial charge in [0, 0.05) is 21.8 Å². The zero-order valence-corrected chi connectivity index (χ0v) is 20.0. The van der Waals surface area contributed by atoms with Crippen LogP contribution < -0.4 is 14.8 Å². The molecule has 5 rings (SSSR count). The number of nitrogens with zero attached hydrogens (tertiary/aromatic N) is 2. The maximum Gasteiger partial charge on any atom is 0.325 e. The van der Waals surface area contributed by atoms with Gasteiger partial charge in [-0.2, -0.15) is 0 Å². The largest absolute Gasteiger partial charge is 0.486 e. The molecule has 0 radical (unpaired) electrons. The van der Waals surface area contributed by atoms with Crippen LogP contribution in [0.3, 0.4) is 0 Å². The van der Waals surface area contributed by atoms with Gasteiger partial charge in [-0.05, 0) is 56.0 Å². The third-order valence-electron chi connectivity index (χ3n) is 6.46. The van der Waals surface area contributed by atoms with Crippen molar-refractivity contribution >= 4 is 29.1 Å². The first-order valence-corrected chi connectivity index (χ1v) is 11.9. The standard InChI is InChI=1S/C25H25N3O5S/c1-15-11-19(16(2)27(15)13-18-5-4-10-34-18)20(29)14-28-23(30)25(3,26-24(28)31)17-6-7-21-22(12-17)33-9-8-32-21/h4-7,10-12H,8-9,13-14H2,1-3H3,(H,26,31)/t25-/m0/s1. The van der Waals surface area contributed by atoms with E-state index in [9.17, 15) is 14.4 Å². The van der Waals surface area contributed by atoms with Crippen LogP contribution in [0.25, 0.3) is 0 Å². The Balaban J connectivity index is 1.37. The molecule has 0 spiro atoms. The van der Waals surface area contributed by atoms with Crippen molar-refractivity contribution in [2.24, 2.45) is 0 Å². The van der Waals surface area contributed by atoms with E-state index in [0.717, 1.165) is 16.3 Å². The summed E-state index contributed by atoms with van der Waals surface area (Å²) in [5.74, 6) is 0.371. The first kappa shape index (κ1) is 22.2. The molecule has 2 aliphatic heterocycles. The summed E-state index contributed by atoms with van der Waals surface area (Å²) in [6.45, 7) is 6.70. The van der Waals surface area contributed by atoms with E-state index in [-0.39, 0.29) is 12.3 Å². The average molecular weight is 480 g/mol. The minimum absolute atomic E-state index is 0.277. The van der Waals surface area contributed by atoms with Crippen LogP contribution in [0.15, 0.2) is 41.8 Å². The summed E-state index contributed by atoms with van der Waals surface area (Å²) in [7, 11) is 0. The Hall–Kier alpha value is -3.59. The van der Waals surface area contributed by atoms with Gasteiger partial charge in [-0.1, -0.05) is 12.1 Å². The summed E-state index contributed by atoms with van der Waals surface area (Å²) in [4.78, 5) is 41.5. The summed E-state index contributed by atoms with van der Waals surface area (Å²) >= 11 is 1.66. The van der Waals surface area contributed by atoms with E-state index in [2.05, 4.69) is 16.0 Å². The fourth-order valence-electron chi connectivity index (χ4n) is 4.50. The molecule has 1 atom stereocenters. The number of aromatic nitrogens is 1. The number of ketones is 1. The van der Waals surface area contributed by atoms with Crippen LogP contribution in [-0.4, -0.2) is 46.9 Å². The zero-order valence-electron chi connectivity index (χ0n) is 19.2. The lowest BCUT2D eigenvalue weighted by Gasteiger charge is -2.25. The van der Waals surface area contributed by atoms with Crippen molar-refractivity contribution in [1.82, 2.24) is 14.8 Å². The SMILES string of the molecule is Cc1cc(C(=O)CN2C(=O)N[C@@](C)(c3ccc4c(c3)OCCO4)C2=O)c(C)n1Cc1cccs1. The predicted molar refractivity (Wildman–Crippen MR) is 127 cm³/mol. The molecule has 1 fully saturated rings. The van der Waals surface area contributed by atoms with Gasteiger partial charge >= 0.3 is 6.03 Å². The second-order valence-electron chi connectivity index (χ2n) is 8.68. The highest BCUT2D eigenvalue weighted by atomic mass is 32.1. The fraction of sp³-hybridized carbons (Fsp3) is 0.320. The van der Waals surface area contributed by atoms with Gasteiger partial charge in [0.25, 0.3) is 5.91 Å². The van der Waals surface area contributed by atoms with Crippen LogP contribution in [0.1, 0.15) is 39.1 Å². The van der Waals surface area contributed by atoms with Gasteiger partial charge in [0.2, 0.25) is 0 Å². The molecule has 1 aromatic carbocycles. The highest BCUT2D eigenvalue weighted by Crippen LogP contribution is 2.37. The maximum atomic E-state index is 13.4. The number of Topliss-reactive ketones (excluding diaryl/α,β-unsaturated/α-hetero) is 1. The molecule has 0 unspecified atom stereocenters. The number of aryl methyl sites for hydroxylation is 1. The lowest BCUT2D eigenvalue weighted by Crippen LogP contribution is -2.41. The summed E-state index contributed by atoms with van der Waals surface area (Å²) in [5.41, 5.74) is 1.55. The first-order chi connectivity index (χ1) is 16.3. The minimum Gasteiger partial charge on any atom is -0.486 e. The normalized spacial score (nSPS) is 19.4. The number of imide groups is 1. The van der Waals surface area contributed by atoms with Crippen LogP contribution in [-0.2, 0) is 16.9 Å². The number of hydrogen-bond acceptors (Lipinski definition) is 6. The molecule has 0 saturated carbocycles. The number of benzene rings is 1. The summed E-state index contributed by atoms with van der Waals surface area (Å²) in [5, 5.41) is 4.78. The van der Waals surface area contributed by atoms with Crippen LogP contribution in [0, 0.1) is 13.8 Å². The van der Waals surface area contributed by atoms with Gasteiger partial charge in [-0.15, -0.1) is 11.3 Å². The quantitative estimate of drug-likeness (QED) is 0.431. The van der Waals surface area contributed by atoms with Crippen molar-refractivity contribution in [3.05, 3.63) is 69.2 Å². The van der Waals surface area contributed by atoms with E-state index in [4.69, 9.17) is 9.47 Å². The number of amides is 3. The van der Waals surface area contributed by atoms with E-state index in [1.807, 2.05) is 31.4 Å². The number of ether oxygens (including phenoxy) is 2. The highest BCUT2D eigenvalue weighted by molar-refractivity contribution is 7.09. The van der Waals surface area contributed by atoms with Crippen molar-refractivity contribution in [2.75, 3.05) is 19.8 Å². The van der Waals surface area contributed by atoms with Crippen LogP contribution in [0.2, 0.25) is 0 Å². The number of nitrogens with one attached hydrogen (secondary N) is 1. The molecule has 2 aromatic heterocycles. The second kappa shape index (κ2) is 8.32. The number of urea groups is 1. The number of rotatable bonds is 6. The molecule has 2 aliphatic rings. The molecule has 1 saturated heterocycles. The molecule has 4 heterocycles. The summed E-state index contributed by atoms with van der Waals surface area (Å²) in [6.07, 6.45) is 0. The third kappa shape index (κ3) is 3.66. The second-order valence-corrected chi connectivity index (χ2v) is 9.71. The minimum atomic E-state index is -1.30. The van der Waals surface area contributed by atoms with Crippen molar-refractivity contribution in [2.45, 2.75) is 32.9 Å². The van der Waals surface area contributed by atoms with Crippen molar-refractivity contribution in [1.29, 1.82) is 0 Å². The van der Waals surface area contributed by atoms with Gasteiger partial charge in [0.05, 0.1) is 13.1 Å². The van der Waals surface area contributed by atoms with E-state index < -0.39 is 17.5 Å². The Bertz CT molecular complexity index is 1300. The third-order valence-corrected chi connectivity index (χ3v) is 7.33. The predicted octanol–water partition coefficient (Wildman–Crippen LogP) is 3.64. The number of hydrogen-bond donors (Lipinski definition) is 1. The molecule has 9 heteroatoms. The van der Waals surface area contributed by atoms with Crippen LogP contribution in [0.4, 0.5) is 4.79 Å². The Morgan fingerprint density at radius 2 is 1.88 bits per heavy atom. The van der Waals surface area contributed by atoms with Crippen LogP contribution in [0.5, 0.6) is 11.5 Å². The molecular weight excluding hydrogens is 454 g/mol. The first-order valence-electron chi connectivity index (χ1n) is 11.0. The Kier molecular flexibility index (Phi) is 5.44. The molecule has 0 aliphatic carbocycles. The molecular formula is C25H25N3O5S. The van der Waals surface area contributed by atoms with Gasteiger partial charge in [0.15, 0.2) is 17.3 Å². The average Bonchev–Trinajstić information content (AvgIpc) is 3.50. The smallest absolute Gasteiger partial charge is 0.325 e. The lowest BCUT2D eigenvalue weighted by molar-refractivity contribution is -0.130. The molecule has 8 nitrogen and oxygen atoms in total. The van der Waals surface area contributed by atoms with Crippen molar-refractivity contribution < 1.29 is 23.9 Å². The van der Waals surface area contributed by atoms with E-state index in [0.29, 0.717) is 42.4 Å². The van der Waals surface area contributed by atoms with Gasteiger partial charge in [0.1, 0.15) is 18.8 Å². The Labute approximate surface area is 201 Å². The van der Waals surface area contributed by atoms with Gasteiger partial charge in [-0.3, -0.25) is 14.5 Å². The van der Waals surface area contributed by atoms with E-state index in [1.165, 1.54) is 4.88 Å². The zero-order chi connectivity index (χ0) is 24.0. The Morgan fingerprint density at radius 3 is 2.62 bits per heavy atom. The summed E-state index contributed by atoms with van der Waals surface area (Å²) in [6, 6.07) is 10.4. The number of carbonyl (C=O) groups is 3. The Morgan fingerprint density at radius 1 is 1.12 bits per heavy atom. The molecule has 34 heavy (non-hydrogen) atoms. The van der Waals surface area contributed by atoms with E-state index >= 15 is 0 Å². The number of carbonyl (C=O) groups excluding carboxylic acids is 3. The molecule has 3 aromatic rings. The molecule has 176 valence electrons. The topological polar surface area (TPSA) is 89.9 Å². The highest BCUT2D eigenvalue weighted by Gasteiger charge is 2.50. The fourth-order valence-corrected chi connectivity index (χ4v) is 5.20. The molecule has 3 amide bonds. The lowest BCUT2D eigenvalue weighted by atomic mass is 9.91.